The van der Waals surface area contributed by atoms with Gasteiger partial charge in [0.25, 0.3) is 0 Å². The molecular formula is C41H28N6. The fourth-order valence-corrected chi connectivity index (χ4v) is 8.30. The molecule has 1 unspecified atom stereocenters. The van der Waals surface area contributed by atoms with Crippen LogP contribution in [0.15, 0.2) is 127 Å². The molecule has 0 spiro atoms. The molecular weight excluding hydrogens is 576 g/mol. The van der Waals surface area contributed by atoms with Crippen molar-refractivity contribution in [2.45, 2.75) is 5.92 Å². The number of aromatic nitrogens is 6. The molecule has 6 aromatic carbocycles. The molecule has 222 valence electrons. The molecule has 1 aliphatic rings. The number of hydrogen-bond donors (Lipinski definition) is 0. The van der Waals surface area contributed by atoms with Gasteiger partial charge < -0.3 is 9.13 Å². The molecule has 0 aliphatic heterocycles. The zero-order chi connectivity index (χ0) is 31.0. The molecule has 10 aromatic rings. The lowest BCUT2D eigenvalue weighted by Gasteiger charge is -2.16. The normalized spacial score (nSPS) is 14.4. The molecule has 0 N–H and O–H groups in total. The van der Waals surface area contributed by atoms with Gasteiger partial charge in [-0.15, -0.1) is 0 Å². The second-order valence-corrected chi connectivity index (χ2v) is 12.8. The first-order valence-corrected chi connectivity index (χ1v) is 16.1. The third-order valence-corrected chi connectivity index (χ3v) is 10.5. The molecule has 0 amide bonds. The number of hydrogen-bond acceptors (Lipinski definition) is 2. The molecule has 4 aromatic heterocycles. The lowest BCUT2D eigenvalue weighted by atomic mass is 9.88. The summed E-state index contributed by atoms with van der Waals surface area (Å²) >= 11 is 0. The number of benzene rings is 6. The van der Waals surface area contributed by atoms with Crippen molar-refractivity contribution in [3.63, 3.8) is 0 Å². The summed E-state index contributed by atoms with van der Waals surface area (Å²) in [6, 6.07) is 46.2. The highest BCUT2D eigenvalue weighted by Crippen LogP contribution is 2.51. The van der Waals surface area contributed by atoms with Crippen LogP contribution in [0, 0.1) is 0 Å². The van der Waals surface area contributed by atoms with Crippen molar-refractivity contribution in [3.05, 3.63) is 144 Å². The fourth-order valence-electron chi connectivity index (χ4n) is 8.30. The number of rotatable bonds is 2. The van der Waals surface area contributed by atoms with Gasteiger partial charge in [0.2, 0.25) is 11.6 Å². The maximum absolute atomic E-state index is 5.34. The molecule has 0 saturated heterocycles. The van der Waals surface area contributed by atoms with Gasteiger partial charge in [-0.1, -0.05) is 84.9 Å². The van der Waals surface area contributed by atoms with Gasteiger partial charge >= 0.3 is 0 Å². The summed E-state index contributed by atoms with van der Waals surface area (Å²) in [7, 11) is 4.20. The number of fused-ring (bicyclic) bond motifs is 14. The van der Waals surface area contributed by atoms with Crippen molar-refractivity contribution in [2.24, 2.45) is 14.1 Å². The molecule has 1 atom stereocenters. The largest absolute Gasteiger partial charge is 0.313 e. The minimum atomic E-state index is 0.0998. The average Bonchev–Trinajstić information content (AvgIpc) is 3.90. The molecule has 6 heteroatoms. The second-order valence-electron chi connectivity index (χ2n) is 12.8. The van der Waals surface area contributed by atoms with E-state index in [1.54, 1.807) is 0 Å². The van der Waals surface area contributed by atoms with Crippen LogP contribution in [-0.2, 0) is 14.1 Å². The quantitative estimate of drug-likeness (QED) is 0.198. The third kappa shape index (κ3) is 3.14. The summed E-state index contributed by atoms with van der Waals surface area (Å²) in [5.41, 5.74) is 17.9. The number of nitrogens with zero attached hydrogens (tertiary/aromatic N) is 6. The number of imidazole rings is 4. The van der Waals surface area contributed by atoms with E-state index < -0.39 is 0 Å². The highest BCUT2D eigenvalue weighted by atomic mass is 15.2. The second kappa shape index (κ2) is 8.77. The SMILES string of the molecule is Cn1c2ccccc2n2c3cc(-c4ccc(C5c6ccccc6-c6ccc7c(nc8n(C)c9ccccc9n78)c65)cc4)ccc3nc12. The maximum Gasteiger partial charge on any atom is 0.215 e. The van der Waals surface area contributed by atoms with Gasteiger partial charge in [0.15, 0.2) is 0 Å². The van der Waals surface area contributed by atoms with Gasteiger partial charge in [0, 0.05) is 20.0 Å². The summed E-state index contributed by atoms with van der Waals surface area (Å²) in [6.07, 6.45) is 0. The topological polar surface area (TPSA) is 44.5 Å². The first-order valence-electron chi connectivity index (χ1n) is 16.1. The van der Waals surface area contributed by atoms with Gasteiger partial charge in [-0.25, -0.2) is 9.97 Å². The van der Waals surface area contributed by atoms with Crippen LogP contribution < -0.4 is 0 Å². The maximum atomic E-state index is 5.34. The monoisotopic (exact) mass is 604 g/mol. The van der Waals surface area contributed by atoms with E-state index >= 15 is 0 Å². The summed E-state index contributed by atoms with van der Waals surface area (Å²) < 4.78 is 8.96. The zero-order valence-corrected chi connectivity index (χ0v) is 25.9. The van der Waals surface area contributed by atoms with Crippen LogP contribution in [0.25, 0.3) is 77.9 Å². The molecule has 0 bridgehead atoms. The van der Waals surface area contributed by atoms with E-state index in [1.165, 1.54) is 61.0 Å². The number of para-hydroxylation sites is 4. The first kappa shape index (κ1) is 25.1. The van der Waals surface area contributed by atoms with Crippen LogP contribution in [0.1, 0.15) is 22.6 Å². The van der Waals surface area contributed by atoms with Gasteiger partial charge in [0.05, 0.1) is 44.1 Å². The highest BCUT2D eigenvalue weighted by molar-refractivity contribution is 5.99. The van der Waals surface area contributed by atoms with E-state index in [0.717, 1.165) is 33.6 Å². The van der Waals surface area contributed by atoms with Gasteiger partial charge in [0.1, 0.15) is 0 Å². The predicted octanol–water partition coefficient (Wildman–Crippen LogP) is 9.10. The number of aryl methyl sites for hydroxylation is 2. The minimum absolute atomic E-state index is 0.0998. The van der Waals surface area contributed by atoms with Crippen LogP contribution in [0.3, 0.4) is 0 Å². The van der Waals surface area contributed by atoms with Crippen LogP contribution in [0.2, 0.25) is 0 Å². The Morgan fingerprint density at radius 1 is 0.489 bits per heavy atom. The average molecular weight is 605 g/mol. The molecule has 0 fully saturated rings. The van der Waals surface area contributed by atoms with Crippen molar-refractivity contribution in [1.82, 2.24) is 27.9 Å². The van der Waals surface area contributed by atoms with Gasteiger partial charge in [-0.3, -0.25) is 8.80 Å². The Kier molecular flexibility index (Phi) is 4.68. The molecule has 11 rings (SSSR count). The van der Waals surface area contributed by atoms with Crippen LogP contribution in [0.4, 0.5) is 0 Å². The molecule has 6 nitrogen and oxygen atoms in total. The Morgan fingerprint density at radius 3 is 1.85 bits per heavy atom. The first-order chi connectivity index (χ1) is 23.2. The van der Waals surface area contributed by atoms with Gasteiger partial charge in [-0.05, 0) is 81.4 Å². The van der Waals surface area contributed by atoms with Crippen LogP contribution >= 0.6 is 0 Å². The van der Waals surface area contributed by atoms with Crippen LogP contribution in [-0.4, -0.2) is 27.9 Å². The molecule has 1 aliphatic carbocycles. The van der Waals surface area contributed by atoms with E-state index in [2.05, 4.69) is 159 Å². The highest BCUT2D eigenvalue weighted by Gasteiger charge is 2.33. The lowest BCUT2D eigenvalue weighted by molar-refractivity contribution is 0.971. The van der Waals surface area contributed by atoms with Crippen molar-refractivity contribution in [3.8, 4) is 22.3 Å². The van der Waals surface area contributed by atoms with E-state index in [1.807, 2.05) is 0 Å². The predicted molar refractivity (Wildman–Crippen MR) is 190 cm³/mol. The van der Waals surface area contributed by atoms with E-state index in [4.69, 9.17) is 9.97 Å². The summed E-state index contributed by atoms with van der Waals surface area (Å²) in [6.45, 7) is 0. The molecule has 0 saturated carbocycles. The van der Waals surface area contributed by atoms with E-state index in [0.29, 0.717) is 0 Å². The zero-order valence-electron chi connectivity index (χ0n) is 25.9. The Hall–Kier alpha value is -6.14. The standard InChI is InChI=1S/C41H28N6/c1-44-32-12-6-8-14-34(32)47-36-23-26(19-21-30(36)42-40(44)47)24-15-17-25(18-16-24)37-28-10-4-3-9-27(28)29-20-22-35-39(38(29)37)43-41-45(2)31-11-5-7-13-33(31)46(35)41/h3-23,37H,1-2H3. The summed E-state index contributed by atoms with van der Waals surface area (Å²) in [5.74, 6) is 2.02. The Balaban J connectivity index is 1.08. The fraction of sp³-hybridized carbons (Fsp3) is 0.0732. The molecule has 4 heterocycles. The van der Waals surface area contributed by atoms with Crippen LogP contribution in [0.5, 0.6) is 0 Å². The van der Waals surface area contributed by atoms with Crippen molar-refractivity contribution >= 4 is 55.7 Å². The van der Waals surface area contributed by atoms with Crippen molar-refractivity contribution < 1.29 is 0 Å². The minimum Gasteiger partial charge on any atom is -0.313 e. The van der Waals surface area contributed by atoms with Gasteiger partial charge in [-0.2, -0.15) is 0 Å². The Bertz CT molecular complexity index is 2930. The summed E-state index contributed by atoms with van der Waals surface area (Å²) in [4.78, 5) is 10.3. The van der Waals surface area contributed by atoms with Crippen molar-refractivity contribution in [1.29, 1.82) is 0 Å². The van der Waals surface area contributed by atoms with E-state index in [-0.39, 0.29) is 5.92 Å². The van der Waals surface area contributed by atoms with Crippen molar-refractivity contribution in [2.75, 3.05) is 0 Å². The molecule has 0 radical (unpaired) electrons. The van der Waals surface area contributed by atoms with E-state index in [9.17, 15) is 0 Å². The molecule has 47 heavy (non-hydrogen) atoms. The Labute approximate surface area is 269 Å². The lowest BCUT2D eigenvalue weighted by Crippen LogP contribution is -2.00. The Morgan fingerprint density at radius 2 is 1.11 bits per heavy atom. The third-order valence-electron chi connectivity index (χ3n) is 10.5. The smallest absolute Gasteiger partial charge is 0.215 e. The summed E-state index contributed by atoms with van der Waals surface area (Å²) in [5, 5.41) is 0.